The van der Waals surface area contributed by atoms with Gasteiger partial charge in [-0.05, 0) is 30.5 Å². The predicted octanol–water partition coefficient (Wildman–Crippen LogP) is 5.21. The minimum Gasteiger partial charge on any atom is -0.481 e. The van der Waals surface area contributed by atoms with E-state index in [0.29, 0.717) is 15.8 Å². The molecule has 1 N–H and O–H groups in total. The zero-order chi connectivity index (χ0) is 14.4. The lowest BCUT2D eigenvalue weighted by molar-refractivity contribution is -0.136. The van der Waals surface area contributed by atoms with Gasteiger partial charge >= 0.3 is 5.97 Å². The van der Waals surface area contributed by atoms with Crippen LogP contribution in [0.15, 0.2) is 12.1 Å². The molecular weight excluding hydrogens is 303 g/mol. The van der Waals surface area contributed by atoms with Gasteiger partial charge in [-0.2, -0.15) is 11.8 Å². The third-order valence-corrected chi connectivity index (χ3v) is 4.89. The van der Waals surface area contributed by atoms with Crippen molar-refractivity contribution in [3.63, 3.8) is 0 Å². The fourth-order valence-corrected chi connectivity index (χ4v) is 3.40. The average molecular weight is 321 g/mol. The lowest BCUT2D eigenvalue weighted by Crippen LogP contribution is -2.01. The second kappa shape index (κ2) is 8.03. The summed E-state index contributed by atoms with van der Waals surface area (Å²) in [4.78, 5) is 10.5. The van der Waals surface area contributed by atoms with Crippen LogP contribution in [-0.4, -0.2) is 16.8 Å². The van der Waals surface area contributed by atoms with Gasteiger partial charge in [0, 0.05) is 11.0 Å². The first kappa shape index (κ1) is 16.7. The van der Waals surface area contributed by atoms with E-state index in [-0.39, 0.29) is 11.7 Å². The molecule has 1 unspecified atom stereocenters. The molecule has 1 aromatic carbocycles. The second-order valence-electron chi connectivity index (χ2n) is 4.34. The highest BCUT2D eigenvalue weighted by atomic mass is 35.5. The number of carboxylic acid groups (broad SMARTS) is 1. The van der Waals surface area contributed by atoms with Crippen LogP contribution in [0.4, 0.5) is 0 Å². The van der Waals surface area contributed by atoms with E-state index in [9.17, 15) is 4.79 Å². The third-order valence-electron chi connectivity index (χ3n) is 2.85. The molecular formula is C14H18Cl2O2S. The number of carboxylic acids is 1. The summed E-state index contributed by atoms with van der Waals surface area (Å²) in [5.41, 5.74) is 2.25. The monoisotopic (exact) mass is 320 g/mol. The SMILES string of the molecule is CCCc1c(C(C)SCCC(=O)O)ccc(Cl)c1Cl. The Labute approximate surface area is 128 Å². The Morgan fingerprint density at radius 1 is 1.42 bits per heavy atom. The molecule has 19 heavy (non-hydrogen) atoms. The fourth-order valence-electron chi connectivity index (χ4n) is 1.91. The molecule has 0 radical (unpaired) electrons. The third kappa shape index (κ3) is 4.90. The number of thioether (sulfide) groups is 1. The normalized spacial score (nSPS) is 12.4. The minimum atomic E-state index is -0.761. The van der Waals surface area contributed by atoms with Gasteiger partial charge in [-0.15, -0.1) is 0 Å². The maximum absolute atomic E-state index is 10.5. The number of halogens is 2. The van der Waals surface area contributed by atoms with Crippen molar-refractivity contribution in [3.05, 3.63) is 33.3 Å². The van der Waals surface area contributed by atoms with E-state index in [1.807, 2.05) is 12.1 Å². The number of hydrogen-bond donors (Lipinski definition) is 1. The van der Waals surface area contributed by atoms with Gasteiger partial charge in [-0.3, -0.25) is 4.79 Å². The van der Waals surface area contributed by atoms with Gasteiger partial charge in [-0.25, -0.2) is 0 Å². The highest BCUT2D eigenvalue weighted by molar-refractivity contribution is 7.99. The van der Waals surface area contributed by atoms with Crippen molar-refractivity contribution in [1.82, 2.24) is 0 Å². The van der Waals surface area contributed by atoms with Crippen LogP contribution in [0.3, 0.4) is 0 Å². The Kier molecular flexibility index (Phi) is 7.05. The minimum absolute atomic E-state index is 0.180. The molecule has 0 saturated carbocycles. The summed E-state index contributed by atoms with van der Waals surface area (Å²) < 4.78 is 0. The zero-order valence-electron chi connectivity index (χ0n) is 11.1. The van der Waals surface area contributed by atoms with E-state index in [0.717, 1.165) is 24.0 Å². The lowest BCUT2D eigenvalue weighted by Gasteiger charge is -2.17. The van der Waals surface area contributed by atoms with Crippen molar-refractivity contribution in [2.24, 2.45) is 0 Å². The Morgan fingerprint density at radius 3 is 2.68 bits per heavy atom. The smallest absolute Gasteiger partial charge is 0.304 e. The van der Waals surface area contributed by atoms with Crippen molar-refractivity contribution < 1.29 is 9.90 Å². The molecule has 0 aliphatic rings. The lowest BCUT2D eigenvalue weighted by atomic mass is 10.0. The summed E-state index contributed by atoms with van der Waals surface area (Å²) in [7, 11) is 0. The average Bonchev–Trinajstić information content (AvgIpc) is 2.34. The number of hydrogen-bond acceptors (Lipinski definition) is 2. The van der Waals surface area contributed by atoms with E-state index >= 15 is 0 Å². The molecule has 1 aromatic rings. The van der Waals surface area contributed by atoms with Gasteiger partial charge in [0.25, 0.3) is 0 Å². The Bertz CT molecular complexity index is 449. The number of aliphatic carboxylic acids is 1. The molecule has 0 aliphatic heterocycles. The largest absolute Gasteiger partial charge is 0.481 e. The summed E-state index contributed by atoms with van der Waals surface area (Å²) in [5, 5.41) is 10.1. The fraction of sp³-hybridized carbons (Fsp3) is 0.500. The molecule has 1 rings (SSSR count). The maximum atomic E-state index is 10.5. The summed E-state index contributed by atoms with van der Waals surface area (Å²) in [6, 6.07) is 3.81. The van der Waals surface area contributed by atoms with Crippen molar-refractivity contribution in [3.8, 4) is 0 Å². The van der Waals surface area contributed by atoms with Crippen molar-refractivity contribution >= 4 is 40.9 Å². The molecule has 0 aliphatic carbocycles. The molecule has 5 heteroatoms. The molecule has 1 atom stereocenters. The highest BCUT2D eigenvalue weighted by Gasteiger charge is 2.15. The predicted molar refractivity (Wildman–Crippen MR) is 83.6 cm³/mol. The molecule has 0 fully saturated rings. The van der Waals surface area contributed by atoms with Crippen LogP contribution in [0.2, 0.25) is 10.0 Å². The van der Waals surface area contributed by atoms with Crippen molar-refractivity contribution in [2.45, 2.75) is 38.4 Å². The molecule has 106 valence electrons. The molecule has 0 amide bonds. The summed E-state index contributed by atoms with van der Waals surface area (Å²) in [6.07, 6.45) is 2.07. The molecule has 0 spiro atoms. The van der Waals surface area contributed by atoms with Crippen molar-refractivity contribution in [2.75, 3.05) is 5.75 Å². The van der Waals surface area contributed by atoms with Crippen LogP contribution >= 0.6 is 35.0 Å². The Balaban J connectivity index is 2.86. The molecule has 0 heterocycles. The number of rotatable bonds is 7. The molecule has 0 aromatic heterocycles. The molecule has 2 nitrogen and oxygen atoms in total. The van der Waals surface area contributed by atoms with Crippen LogP contribution < -0.4 is 0 Å². The van der Waals surface area contributed by atoms with Gasteiger partial charge in [0.05, 0.1) is 16.5 Å². The van der Waals surface area contributed by atoms with Crippen LogP contribution in [0.25, 0.3) is 0 Å². The summed E-state index contributed by atoms with van der Waals surface area (Å²) in [5.74, 6) is -0.162. The van der Waals surface area contributed by atoms with E-state index in [4.69, 9.17) is 28.3 Å². The first-order valence-corrected chi connectivity index (χ1v) is 8.08. The van der Waals surface area contributed by atoms with Crippen molar-refractivity contribution in [1.29, 1.82) is 0 Å². The molecule has 0 saturated heterocycles. The van der Waals surface area contributed by atoms with Gasteiger partial charge in [-0.1, -0.05) is 42.6 Å². The number of carbonyl (C=O) groups is 1. The standard InChI is InChI=1S/C14H18Cl2O2S/c1-3-4-11-10(5-6-12(15)14(11)16)9(2)19-8-7-13(17)18/h5-6,9H,3-4,7-8H2,1-2H3,(H,17,18). The van der Waals surface area contributed by atoms with Gasteiger partial charge in [0.2, 0.25) is 0 Å². The van der Waals surface area contributed by atoms with Gasteiger partial charge < -0.3 is 5.11 Å². The van der Waals surface area contributed by atoms with Gasteiger partial charge in [0.15, 0.2) is 0 Å². The number of benzene rings is 1. The Morgan fingerprint density at radius 2 is 2.11 bits per heavy atom. The van der Waals surface area contributed by atoms with Gasteiger partial charge in [0.1, 0.15) is 0 Å². The van der Waals surface area contributed by atoms with Crippen LogP contribution in [-0.2, 0) is 11.2 Å². The first-order chi connectivity index (χ1) is 8.97. The van der Waals surface area contributed by atoms with E-state index < -0.39 is 5.97 Å². The second-order valence-corrected chi connectivity index (χ2v) is 6.57. The van der Waals surface area contributed by atoms with E-state index in [1.165, 1.54) is 0 Å². The Hall–Kier alpha value is -0.380. The van der Waals surface area contributed by atoms with Crippen LogP contribution in [0.1, 0.15) is 43.1 Å². The van der Waals surface area contributed by atoms with Crippen LogP contribution in [0.5, 0.6) is 0 Å². The summed E-state index contributed by atoms with van der Waals surface area (Å²) >= 11 is 14.0. The first-order valence-electron chi connectivity index (χ1n) is 6.27. The molecule has 0 bridgehead atoms. The topological polar surface area (TPSA) is 37.3 Å². The van der Waals surface area contributed by atoms with E-state index in [2.05, 4.69) is 13.8 Å². The van der Waals surface area contributed by atoms with E-state index in [1.54, 1.807) is 11.8 Å². The van der Waals surface area contributed by atoms with Crippen LogP contribution in [0, 0.1) is 0 Å². The highest BCUT2D eigenvalue weighted by Crippen LogP contribution is 2.37. The zero-order valence-corrected chi connectivity index (χ0v) is 13.4. The summed E-state index contributed by atoms with van der Waals surface area (Å²) in [6.45, 7) is 4.18. The quantitative estimate of drug-likeness (QED) is 0.748. The maximum Gasteiger partial charge on any atom is 0.304 e.